The lowest BCUT2D eigenvalue weighted by Crippen LogP contribution is -2.13. The summed E-state index contributed by atoms with van der Waals surface area (Å²) in [5.41, 5.74) is 0.935. The third-order valence-corrected chi connectivity index (χ3v) is 2.23. The number of ketones is 1. The number of hydrogen-bond acceptors (Lipinski definition) is 4. The van der Waals surface area contributed by atoms with Crippen molar-refractivity contribution in [3.63, 3.8) is 0 Å². The highest BCUT2D eigenvalue weighted by Gasteiger charge is 2.04. The molecule has 0 aliphatic carbocycles. The van der Waals surface area contributed by atoms with Crippen molar-refractivity contribution in [2.75, 3.05) is 34.0 Å². The zero-order valence-electron chi connectivity index (χ0n) is 10.3. The number of carbonyl (C=O) groups excluding carboxylic acids is 1. The van der Waals surface area contributed by atoms with E-state index in [-0.39, 0.29) is 12.4 Å². The van der Waals surface area contributed by atoms with Crippen molar-refractivity contribution in [1.82, 2.24) is 0 Å². The van der Waals surface area contributed by atoms with Crippen molar-refractivity contribution in [3.05, 3.63) is 29.8 Å². The van der Waals surface area contributed by atoms with Crippen molar-refractivity contribution >= 4 is 5.78 Å². The van der Waals surface area contributed by atoms with Crippen LogP contribution in [0.5, 0.6) is 5.75 Å². The van der Waals surface area contributed by atoms with Gasteiger partial charge in [0.25, 0.3) is 0 Å². The van der Waals surface area contributed by atoms with Crippen molar-refractivity contribution in [2.45, 2.75) is 6.42 Å². The molecule has 4 heteroatoms. The van der Waals surface area contributed by atoms with Crippen LogP contribution in [0, 0.1) is 0 Å². The molecule has 0 N–H and O–H groups in total. The number of methoxy groups -OCH3 is 2. The van der Waals surface area contributed by atoms with E-state index < -0.39 is 0 Å². The van der Waals surface area contributed by atoms with E-state index in [1.54, 1.807) is 14.2 Å². The molecule has 0 spiro atoms. The van der Waals surface area contributed by atoms with Crippen molar-refractivity contribution in [1.29, 1.82) is 0 Å². The van der Waals surface area contributed by atoms with Crippen LogP contribution in [0.3, 0.4) is 0 Å². The van der Waals surface area contributed by atoms with E-state index >= 15 is 0 Å². The second-order valence-electron chi connectivity index (χ2n) is 3.61. The minimum atomic E-state index is 0.0503. The molecule has 0 unspecified atom stereocenters. The van der Waals surface area contributed by atoms with Gasteiger partial charge >= 0.3 is 0 Å². The Balaban J connectivity index is 2.34. The smallest absolute Gasteiger partial charge is 0.162 e. The summed E-state index contributed by atoms with van der Waals surface area (Å²) in [6.45, 7) is 1.08. The normalized spacial score (nSPS) is 10.2. The molecule has 0 atom stereocenters. The lowest BCUT2D eigenvalue weighted by atomic mass is 10.1. The summed E-state index contributed by atoms with van der Waals surface area (Å²) in [6, 6.07) is 7.47. The summed E-state index contributed by atoms with van der Waals surface area (Å²) in [6.07, 6.45) is 0.365. The Kier molecular flexibility index (Phi) is 6.29. The van der Waals surface area contributed by atoms with Gasteiger partial charge in [0.15, 0.2) is 5.78 Å². The minimum Gasteiger partial charge on any atom is -0.497 e. The number of ether oxygens (including phenoxy) is 3. The Hall–Kier alpha value is -1.39. The lowest BCUT2D eigenvalue weighted by molar-refractivity contribution is -0.123. The molecule has 0 saturated carbocycles. The molecule has 1 rings (SSSR count). The van der Waals surface area contributed by atoms with Crippen LogP contribution in [0.4, 0.5) is 0 Å². The molecule has 0 heterocycles. The summed E-state index contributed by atoms with van der Waals surface area (Å²) >= 11 is 0. The topological polar surface area (TPSA) is 44.8 Å². The van der Waals surface area contributed by atoms with Crippen LogP contribution in [0.2, 0.25) is 0 Å². The van der Waals surface area contributed by atoms with E-state index in [4.69, 9.17) is 14.2 Å². The second kappa shape index (κ2) is 7.81. The van der Waals surface area contributed by atoms with Gasteiger partial charge in [-0.25, -0.2) is 0 Å². The first-order valence-electron chi connectivity index (χ1n) is 5.47. The van der Waals surface area contributed by atoms with Crippen LogP contribution >= 0.6 is 0 Å². The van der Waals surface area contributed by atoms with Gasteiger partial charge in [0.1, 0.15) is 12.4 Å². The van der Waals surface area contributed by atoms with E-state index in [0.717, 1.165) is 11.3 Å². The highest BCUT2D eigenvalue weighted by molar-refractivity contribution is 5.82. The predicted molar refractivity (Wildman–Crippen MR) is 64.4 cm³/mol. The number of Topliss-reactive ketones (excluding diaryl/α,β-unsaturated/α-hetero) is 1. The summed E-state index contributed by atoms with van der Waals surface area (Å²) in [5.74, 6) is 0.810. The van der Waals surface area contributed by atoms with E-state index in [1.807, 2.05) is 24.3 Å². The largest absolute Gasteiger partial charge is 0.497 e. The molecular weight excluding hydrogens is 220 g/mol. The van der Waals surface area contributed by atoms with Gasteiger partial charge in [-0.1, -0.05) is 12.1 Å². The molecule has 0 aliphatic rings. The fourth-order valence-electron chi connectivity index (χ4n) is 1.39. The quantitative estimate of drug-likeness (QED) is 0.643. The number of hydrogen-bond donors (Lipinski definition) is 0. The number of benzene rings is 1. The van der Waals surface area contributed by atoms with Crippen LogP contribution in [0.25, 0.3) is 0 Å². The Labute approximate surface area is 101 Å². The highest BCUT2D eigenvalue weighted by atomic mass is 16.5. The molecule has 0 fully saturated rings. The molecule has 0 saturated heterocycles. The Morgan fingerprint density at radius 3 is 2.76 bits per heavy atom. The molecule has 0 aromatic heterocycles. The molecule has 0 aliphatic heterocycles. The van der Waals surface area contributed by atoms with Gasteiger partial charge in [0.05, 0.1) is 20.3 Å². The van der Waals surface area contributed by atoms with E-state index in [0.29, 0.717) is 19.6 Å². The first-order valence-corrected chi connectivity index (χ1v) is 5.47. The van der Waals surface area contributed by atoms with E-state index in [1.165, 1.54) is 0 Å². The maximum absolute atomic E-state index is 11.6. The highest BCUT2D eigenvalue weighted by Crippen LogP contribution is 2.13. The third kappa shape index (κ3) is 5.47. The predicted octanol–water partition coefficient (Wildman–Crippen LogP) is 1.47. The van der Waals surface area contributed by atoms with Crippen LogP contribution in [-0.2, 0) is 20.7 Å². The number of rotatable bonds is 8. The summed E-state index contributed by atoms with van der Waals surface area (Å²) in [4.78, 5) is 11.6. The first-order chi connectivity index (χ1) is 8.26. The van der Waals surface area contributed by atoms with Crippen LogP contribution in [0.15, 0.2) is 24.3 Å². The van der Waals surface area contributed by atoms with E-state index in [9.17, 15) is 4.79 Å². The zero-order chi connectivity index (χ0) is 12.5. The van der Waals surface area contributed by atoms with Crippen molar-refractivity contribution in [3.8, 4) is 5.75 Å². The van der Waals surface area contributed by atoms with Gasteiger partial charge in [-0.3, -0.25) is 4.79 Å². The van der Waals surface area contributed by atoms with Crippen LogP contribution < -0.4 is 4.74 Å². The summed E-state index contributed by atoms with van der Waals surface area (Å²) < 4.78 is 15.1. The summed E-state index contributed by atoms with van der Waals surface area (Å²) in [5, 5.41) is 0. The van der Waals surface area contributed by atoms with Gasteiger partial charge < -0.3 is 14.2 Å². The maximum Gasteiger partial charge on any atom is 0.162 e. The molecule has 0 radical (unpaired) electrons. The molecule has 1 aromatic rings. The average Bonchev–Trinajstić information content (AvgIpc) is 2.35. The van der Waals surface area contributed by atoms with E-state index in [2.05, 4.69) is 0 Å². The van der Waals surface area contributed by atoms with Gasteiger partial charge in [-0.2, -0.15) is 0 Å². The van der Waals surface area contributed by atoms with Crippen molar-refractivity contribution in [2.24, 2.45) is 0 Å². The van der Waals surface area contributed by atoms with Gasteiger partial charge in [-0.05, 0) is 17.7 Å². The molecule has 4 nitrogen and oxygen atoms in total. The molecule has 0 bridgehead atoms. The van der Waals surface area contributed by atoms with Crippen molar-refractivity contribution < 1.29 is 19.0 Å². The van der Waals surface area contributed by atoms with Crippen LogP contribution in [0.1, 0.15) is 5.56 Å². The Morgan fingerprint density at radius 1 is 1.24 bits per heavy atom. The standard InChI is InChI=1S/C13H18O4/c1-15-6-7-17-10-12(14)8-11-4-3-5-13(9-11)16-2/h3-5,9H,6-8,10H2,1-2H3. The fourth-order valence-corrected chi connectivity index (χ4v) is 1.39. The number of carbonyl (C=O) groups is 1. The molecule has 94 valence electrons. The van der Waals surface area contributed by atoms with Gasteiger partial charge in [0, 0.05) is 13.5 Å². The van der Waals surface area contributed by atoms with Gasteiger partial charge in [-0.15, -0.1) is 0 Å². The van der Waals surface area contributed by atoms with Crippen LogP contribution in [-0.4, -0.2) is 39.8 Å². The average molecular weight is 238 g/mol. The molecule has 0 amide bonds. The Morgan fingerprint density at radius 2 is 2.06 bits per heavy atom. The lowest BCUT2D eigenvalue weighted by Gasteiger charge is -2.05. The first kappa shape index (κ1) is 13.7. The summed E-state index contributed by atoms with van der Waals surface area (Å²) in [7, 11) is 3.20. The molecule has 17 heavy (non-hydrogen) atoms. The third-order valence-electron chi connectivity index (χ3n) is 2.23. The molecular formula is C13H18O4. The molecule has 1 aromatic carbocycles. The Bertz CT molecular complexity index is 349. The SMILES string of the molecule is COCCOCC(=O)Cc1cccc(OC)c1. The van der Waals surface area contributed by atoms with Gasteiger partial charge in [0.2, 0.25) is 0 Å². The fraction of sp³-hybridized carbons (Fsp3) is 0.462. The zero-order valence-corrected chi connectivity index (χ0v) is 10.3. The second-order valence-corrected chi connectivity index (χ2v) is 3.61. The monoisotopic (exact) mass is 238 g/mol. The maximum atomic E-state index is 11.6. The minimum absolute atomic E-state index is 0.0503.